The van der Waals surface area contributed by atoms with Gasteiger partial charge >= 0.3 is 0 Å². The lowest BCUT2D eigenvalue weighted by atomic mass is 9.95. The van der Waals surface area contributed by atoms with E-state index < -0.39 is 17.9 Å². The molecule has 61 heavy (non-hydrogen) atoms. The number of amides is 2. The molecular formula is C40H47Br2ClN12O6. The fourth-order valence-corrected chi connectivity index (χ4v) is 7.45. The standard InChI is InChI=1S/C20H23BrN6O3.C17H15BrClN5O2.C3H9NO/c1-3-30-7-6-27-10-14-17(24-20(22-9-11(2)28)25-18(14)26-27)16-13-8-12(21)4-5-15(13)23-19(16)29;1-2-26-6-5-24-8-11-14(21-17(19)22-15(11)23-24)13-10-7-9(18)3-4-12(10)20-16(13)25;1-3(5)2-4/h4-5,8,10-11,16,28H,3,6-7,9H2,1-2H3,(H,23,29)(H,22,25,26);3-4,7-8,13H,2,5-6H2,1H3,(H,20,25);3,5H,2,4H2,1H3/t11-,16?;;3-/m1.1/s1. The Morgan fingerprint density at radius 2 is 1.26 bits per heavy atom. The van der Waals surface area contributed by atoms with Crippen LogP contribution in [0.3, 0.4) is 0 Å². The Bertz CT molecular complexity index is 2500. The minimum atomic E-state index is -0.584. The zero-order valence-electron chi connectivity index (χ0n) is 33.9. The first-order valence-electron chi connectivity index (χ1n) is 19.6. The summed E-state index contributed by atoms with van der Waals surface area (Å²) in [5, 5.41) is 37.2. The van der Waals surface area contributed by atoms with E-state index in [0.29, 0.717) is 85.5 Å². The second-order valence-corrected chi connectivity index (χ2v) is 16.3. The number of nitrogens with two attached hydrogens (primary N) is 1. The molecule has 0 fully saturated rings. The number of aromatic nitrogens is 8. The largest absolute Gasteiger partial charge is 0.392 e. The minimum absolute atomic E-state index is 0.0683. The molecule has 0 spiro atoms. The predicted octanol–water partition coefficient (Wildman–Crippen LogP) is 5.19. The zero-order valence-corrected chi connectivity index (χ0v) is 37.8. The van der Waals surface area contributed by atoms with Crippen molar-refractivity contribution in [1.82, 2.24) is 39.5 Å². The summed E-state index contributed by atoms with van der Waals surface area (Å²) >= 11 is 13.1. The summed E-state index contributed by atoms with van der Waals surface area (Å²) < 4.78 is 16.1. The number of ether oxygens (including phenoxy) is 2. The van der Waals surface area contributed by atoms with Gasteiger partial charge in [-0.1, -0.05) is 31.9 Å². The van der Waals surface area contributed by atoms with Crippen molar-refractivity contribution in [2.45, 2.75) is 64.8 Å². The van der Waals surface area contributed by atoms with E-state index in [9.17, 15) is 14.7 Å². The lowest BCUT2D eigenvalue weighted by Crippen LogP contribution is -2.19. The van der Waals surface area contributed by atoms with Crippen molar-refractivity contribution >= 4 is 94.7 Å². The number of hydrogen-bond donors (Lipinski definition) is 6. The van der Waals surface area contributed by atoms with Gasteiger partial charge in [-0.15, -0.1) is 0 Å². The van der Waals surface area contributed by atoms with Gasteiger partial charge < -0.3 is 41.4 Å². The highest BCUT2D eigenvalue weighted by molar-refractivity contribution is 9.10. The van der Waals surface area contributed by atoms with Gasteiger partial charge in [-0.05, 0) is 86.8 Å². The van der Waals surface area contributed by atoms with Crippen molar-refractivity contribution < 1.29 is 29.3 Å². The Labute approximate surface area is 373 Å². The van der Waals surface area contributed by atoms with Crippen molar-refractivity contribution in [2.24, 2.45) is 5.73 Å². The Kier molecular flexibility index (Phi) is 15.7. The average molecular weight is 987 g/mol. The summed E-state index contributed by atoms with van der Waals surface area (Å²) in [5.74, 6) is -1.11. The molecule has 0 bridgehead atoms. The fourth-order valence-electron chi connectivity index (χ4n) is 6.52. The average Bonchev–Trinajstić information content (AvgIpc) is 3.99. The van der Waals surface area contributed by atoms with Gasteiger partial charge in [-0.25, -0.2) is 9.97 Å². The van der Waals surface area contributed by atoms with Crippen LogP contribution >= 0.6 is 43.5 Å². The number of halogens is 3. The summed E-state index contributed by atoms with van der Waals surface area (Å²) in [5.41, 5.74) is 10.2. The van der Waals surface area contributed by atoms with E-state index >= 15 is 0 Å². The summed E-state index contributed by atoms with van der Waals surface area (Å²) in [6.07, 6.45) is 2.78. The molecule has 2 aliphatic rings. The van der Waals surface area contributed by atoms with Crippen LogP contribution in [0.5, 0.6) is 0 Å². The van der Waals surface area contributed by atoms with Crippen LogP contribution in [-0.4, -0.2) is 113 Å². The molecule has 0 saturated heterocycles. The molecule has 21 heteroatoms. The number of carbonyl (C=O) groups is 2. The van der Waals surface area contributed by atoms with Crippen LogP contribution in [-0.2, 0) is 32.2 Å². The molecule has 2 aromatic carbocycles. The quantitative estimate of drug-likeness (QED) is 0.0608. The number of nitrogens with zero attached hydrogens (tertiary/aromatic N) is 8. The zero-order chi connectivity index (χ0) is 43.8. The van der Waals surface area contributed by atoms with E-state index in [1.54, 1.807) is 23.2 Å². The lowest BCUT2D eigenvalue weighted by Gasteiger charge is -2.12. The van der Waals surface area contributed by atoms with Gasteiger partial charge in [0.1, 0.15) is 11.8 Å². The Balaban J connectivity index is 0.000000185. The number of nitrogens with one attached hydrogen (secondary N) is 3. The van der Waals surface area contributed by atoms with Crippen LogP contribution in [0.1, 0.15) is 62.0 Å². The number of anilines is 3. The van der Waals surface area contributed by atoms with Crippen LogP contribution in [0.4, 0.5) is 17.3 Å². The molecule has 6 aromatic rings. The molecule has 2 unspecified atom stereocenters. The van der Waals surface area contributed by atoms with E-state index in [1.165, 1.54) is 0 Å². The van der Waals surface area contributed by atoms with E-state index in [-0.39, 0.29) is 29.7 Å². The summed E-state index contributed by atoms with van der Waals surface area (Å²) in [7, 11) is 0. The minimum Gasteiger partial charge on any atom is -0.392 e. The third kappa shape index (κ3) is 11.2. The molecule has 4 atom stereocenters. The number of hydrogen-bond acceptors (Lipinski definition) is 14. The molecule has 6 heterocycles. The highest BCUT2D eigenvalue weighted by Crippen LogP contribution is 2.41. The first-order valence-corrected chi connectivity index (χ1v) is 21.6. The fraction of sp³-hybridized carbons (Fsp3) is 0.400. The Morgan fingerprint density at radius 3 is 1.72 bits per heavy atom. The summed E-state index contributed by atoms with van der Waals surface area (Å²) in [6, 6.07) is 11.3. The molecule has 0 aliphatic carbocycles. The second kappa shape index (κ2) is 20.9. The SMILES string of the molecule is CCOCCn1cc2c(C3C(=O)Nc4ccc(Br)cc43)nc(Cl)nc2n1.CCOCCn1cc2c(C3C(=O)Nc4ccc(Br)cc43)nc(NC[C@@H](C)O)nc2n1.C[C@@H](O)CN. The molecule has 7 N–H and O–H groups in total. The summed E-state index contributed by atoms with van der Waals surface area (Å²) in [6.45, 7) is 11.4. The third-order valence-corrected chi connectivity index (χ3v) is 10.5. The number of benzene rings is 2. The maximum absolute atomic E-state index is 12.9. The van der Waals surface area contributed by atoms with Gasteiger partial charge in [0.15, 0.2) is 11.3 Å². The molecule has 8 rings (SSSR count). The molecular weight excluding hydrogens is 940 g/mol. The van der Waals surface area contributed by atoms with E-state index in [0.717, 1.165) is 31.4 Å². The first-order chi connectivity index (χ1) is 29.3. The third-order valence-electron chi connectivity index (χ3n) is 9.36. The predicted molar refractivity (Wildman–Crippen MR) is 239 cm³/mol. The van der Waals surface area contributed by atoms with Crippen molar-refractivity contribution in [2.75, 3.05) is 55.5 Å². The van der Waals surface area contributed by atoms with Crippen LogP contribution < -0.4 is 21.7 Å². The smallest absolute Gasteiger partial charge is 0.238 e. The molecule has 324 valence electrons. The highest BCUT2D eigenvalue weighted by Gasteiger charge is 2.37. The van der Waals surface area contributed by atoms with Crippen molar-refractivity contribution in [3.05, 3.63) is 85.5 Å². The number of fused-ring (bicyclic) bond motifs is 4. The van der Waals surface area contributed by atoms with Crippen molar-refractivity contribution in [1.29, 1.82) is 0 Å². The topological polar surface area (TPSA) is 242 Å². The van der Waals surface area contributed by atoms with Crippen molar-refractivity contribution in [3.63, 3.8) is 0 Å². The molecule has 2 aliphatic heterocycles. The van der Waals surface area contributed by atoms with Crippen LogP contribution in [0, 0.1) is 0 Å². The second-order valence-electron chi connectivity index (χ2n) is 14.1. The van der Waals surface area contributed by atoms with E-state index in [1.807, 2.05) is 62.6 Å². The van der Waals surface area contributed by atoms with Gasteiger partial charge in [-0.2, -0.15) is 20.2 Å². The molecule has 2 amide bonds. The highest BCUT2D eigenvalue weighted by atomic mass is 79.9. The molecule has 4 aromatic heterocycles. The maximum Gasteiger partial charge on any atom is 0.238 e. The van der Waals surface area contributed by atoms with E-state index in [2.05, 4.69) is 77.9 Å². The number of rotatable bonds is 14. The van der Waals surface area contributed by atoms with Gasteiger partial charge in [0.05, 0.1) is 60.7 Å². The Hall–Kier alpha value is -4.67. The number of aliphatic hydroxyl groups excluding tert-OH is 2. The number of carbonyl (C=O) groups excluding carboxylic acids is 2. The maximum atomic E-state index is 12.9. The van der Waals surface area contributed by atoms with Gasteiger partial charge in [-0.3, -0.25) is 19.0 Å². The summed E-state index contributed by atoms with van der Waals surface area (Å²) in [4.78, 5) is 43.2. The van der Waals surface area contributed by atoms with Crippen molar-refractivity contribution in [3.8, 4) is 0 Å². The normalized spacial score (nSPS) is 16.2. The van der Waals surface area contributed by atoms with E-state index in [4.69, 9.17) is 31.9 Å². The number of aliphatic hydroxyl groups is 2. The van der Waals surface area contributed by atoms with Crippen LogP contribution in [0.15, 0.2) is 57.7 Å². The van der Waals surface area contributed by atoms with Gasteiger partial charge in [0.2, 0.25) is 23.0 Å². The van der Waals surface area contributed by atoms with Gasteiger partial charge in [0.25, 0.3) is 0 Å². The van der Waals surface area contributed by atoms with Crippen LogP contribution in [0.25, 0.3) is 22.1 Å². The first kappa shape index (κ1) is 45.8. The Morgan fingerprint density at radius 1 is 0.787 bits per heavy atom. The monoisotopic (exact) mass is 984 g/mol. The molecule has 0 saturated carbocycles. The molecule has 18 nitrogen and oxygen atoms in total. The van der Waals surface area contributed by atoms with Crippen LogP contribution in [0.2, 0.25) is 5.28 Å². The van der Waals surface area contributed by atoms with Gasteiger partial charge in [0, 0.05) is 59.0 Å². The molecule has 0 radical (unpaired) electrons. The lowest BCUT2D eigenvalue weighted by molar-refractivity contribution is -0.117.